The van der Waals surface area contributed by atoms with E-state index in [-0.39, 0.29) is 31.1 Å². The smallest absolute Gasteiger partial charge is 0.306 e. The quantitative estimate of drug-likeness (QED) is 0.0261. The molecule has 0 aromatic rings. The van der Waals surface area contributed by atoms with E-state index >= 15 is 0 Å². The zero-order valence-electron chi connectivity index (χ0n) is 48.5. The van der Waals surface area contributed by atoms with Crippen LogP contribution in [0.1, 0.15) is 265 Å². The van der Waals surface area contributed by atoms with Crippen LogP contribution in [0.5, 0.6) is 0 Å². The topological polar surface area (TPSA) is 78.9 Å². The summed E-state index contributed by atoms with van der Waals surface area (Å²) in [5.74, 6) is -0.918. The van der Waals surface area contributed by atoms with E-state index in [2.05, 4.69) is 154 Å². The maximum atomic E-state index is 12.8. The molecule has 0 aliphatic rings. The van der Waals surface area contributed by atoms with Crippen molar-refractivity contribution in [2.45, 2.75) is 271 Å². The fourth-order valence-electron chi connectivity index (χ4n) is 8.12. The standard InChI is InChI=1S/C69H112O6/c1-4-7-10-13-15-17-19-21-23-25-27-29-31-32-33-34-35-36-38-39-41-43-45-47-49-51-53-56-59-62-68(71)74-65-66(64-73-67(70)61-58-55-12-9-6-3)75-69(72)63-60-57-54-52-50-48-46-44-42-40-37-30-28-26-24-22-20-18-16-14-11-8-5-2/h7-8,10-11,15-18,21-24,27-30,32-33,35-36,39,41,66H,4-6,9,12-14,19-20,25-26,31,34,37-38,40,42-65H2,1-3H3/b10-7-,11-8-,17-15-,18-16-,23-21-,24-22-,29-27-,30-28-,33-32-,36-35-,41-39-. The highest BCUT2D eigenvalue weighted by Gasteiger charge is 2.19. The van der Waals surface area contributed by atoms with Gasteiger partial charge in [0.2, 0.25) is 0 Å². The largest absolute Gasteiger partial charge is 0.462 e. The van der Waals surface area contributed by atoms with Crippen molar-refractivity contribution in [1.82, 2.24) is 0 Å². The Balaban J connectivity index is 4.13. The molecule has 424 valence electrons. The van der Waals surface area contributed by atoms with Gasteiger partial charge in [-0.15, -0.1) is 0 Å². The maximum absolute atomic E-state index is 12.8. The van der Waals surface area contributed by atoms with Crippen molar-refractivity contribution in [3.05, 3.63) is 134 Å². The number of unbranched alkanes of at least 4 members (excludes halogenated alkanes) is 21. The van der Waals surface area contributed by atoms with E-state index in [0.29, 0.717) is 19.3 Å². The summed E-state index contributed by atoms with van der Waals surface area (Å²) < 4.78 is 16.7. The molecular weight excluding hydrogens is 925 g/mol. The third-order valence-corrected chi connectivity index (χ3v) is 12.7. The second kappa shape index (κ2) is 62.1. The van der Waals surface area contributed by atoms with E-state index in [1.807, 2.05) is 0 Å². The van der Waals surface area contributed by atoms with Crippen molar-refractivity contribution < 1.29 is 28.6 Å². The van der Waals surface area contributed by atoms with Gasteiger partial charge in [-0.1, -0.05) is 264 Å². The summed E-state index contributed by atoms with van der Waals surface area (Å²) >= 11 is 0. The Morgan fingerprint density at radius 1 is 0.280 bits per heavy atom. The number of esters is 3. The zero-order chi connectivity index (χ0) is 54.3. The van der Waals surface area contributed by atoms with E-state index in [1.165, 1.54) is 83.5 Å². The van der Waals surface area contributed by atoms with Crippen LogP contribution in [0.25, 0.3) is 0 Å². The molecular formula is C69H112O6. The van der Waals surface area contributed by atoms with Gasteiger partial charge >= 0.3 is 17.9 Å². The Bertz CT molecular complexity index is 1620. The van der Waals surface area contributed by atoms with Crippen molar-refractivity contribution in [3.63, 3.8) is 0 Å². The van der Waals surface area contributed by atoms with E-state index in [9.17, 15) is 14.4 Å². The number of ether oxygens (including phenoxy) is 3. The minimum absolute atomic E-state index is 0.0868. The molecule has 1 atom stereocenters. The van der Waals surface area contributed by atoms with Gasteiger partial charge in [-0.2, -0.15) is 0 Å². The number of rotatable bonds is 54. The molecule has 0 heterocycles. The third kappa shape index (κ3) is 60.3. The lowest BCUT2D eigenvalue weighted by Crippen LogP contribution is -2.30. The van der Waals surface area contributed by atoms with Crippen LogP contribution in [0.2, 0.25) is 0 Å². The first-order valence-electron chi connectivity index (χ1n) is 30.7. The van der Waals surface area contributed by atoms with Gasteiger partial charge in [-0.05, 0) is 116 Å². The minimum atomic E-state index is -0.786. The van der Waals surface area contributed by atoms with Crippen LogP contribution in [0, 0.1) is 0 Å². The SMILES string of the molecule is CC/C=C\C/C=C\C/C=C\C/C=C\C/C=C\C/C=C\C/C=C\CCCCCCCCCC(=O)OCC(COC(=O)CCCCCCC)OC(=O)CCCCCCCCCCCC/C=C\C/C=C\C/C=C\C/C=C\CC. The molecule has 0 aliphatic heterocycles. The first-order valence-corrected chi connectivity index (χ1v) is 30.7. The summed E-state index contributed by atoms with van der Waals surface area (Å²) in [5.41, 5.74) is 0. The fourth-order valence-corrected chi connectivity index (χ4v) is 8.12. The summed E-state index contributed by atoms with van der Waals surface area (Å²) in [6, 6.07) is 0. The first kappa shape index (κ1) is 70.5. The molecule has 0 N–H and O–H groups in total. The number of carbonyl (C=O) groups is 3. The van der Waals surface area contributed by atoms with Gasteiger partial charge in [0.1, 0.15) is 13.2 Å². The Labute approximate surface area is 462 Å². The lowest BCUT2D eigenvalue weighted by molar-refractivity contribution is -0.167. The van der Waals surface area contributed by atoms with Crippen molar-refractivity contribution in [1.29, 1.82) is 0 Å². The molecule has 0 aromatic carbocycles. The van der Waals surface area contributed by atoms with E-state index in [4.69, 9.17) is 14.2 Å². The molecule has 0 aromatic heterocycles. The minimum Gasteiger partial charge on any atom is -0.462 e. The number of carbonyl (C=O) groups excluding carboxylic acids is 3. The fraction of sp³-hybridized carbons (Fsp3) is 0.638. The van der Waals surface area contributed by atoms with E-state index in [1.54, 1.807) is 0 Å². The van der Waals surface area contributed by atoms with Crippen molar-refractivity contribution in [3.8, 4) is 0 Å². The van der Waals surface area contributed by atoms with E-state index in [0.717, 1.165) is 141 Å². The summed E-state index contributed by atoms with van der Waals surface area (Å²) in [4.78, 5) is 37.9. The molecule has 75 heavy (non-hydrogen) atoms. The number of allylic oxidation sites excluding steroid dienone is 22. The molecule has 0 rings (SSSR count). The Kier molecular flexibility index (Phi) is 58.4. The molecule has 0 spiro atoms. The van der Waals surface area contributed by atoms with Crippen LogP contribution in [0.15, 0.2) is 134 Å². The normalized spacial score (nSPS) is 13.1. The third-order valence-electron chi connectivity index (χ3n) is 12.7. The van der Waals surface area contributed by atoms with Gasteiger partial charge in [-0.25, -0.2) is 0 Å². The molecule has 0 bridgehead atoms. The Morgan fingerprint density at radius 3 is 0.813 bits per heavy atom. The average molecular weight is 1040 g/mol. The second-order valence-corrected chi connectivity index (χ2v) is 19.9. The van der Waals surface area contributed by atoms with Gasteiger partial charge in [0.15, 0.2) is 6.10 Å². The van der Waals surface area contributed by atoms with Crippen molar-refractivity contribution in [2.24, 2.45) is 0 Å². The molecule has 0 radical (unpaired) electrons. The van der Waals surface area contributed by atoms with Gasteiger partial charge in [-0.3, -0.25) is 14.4 Å². The Morgan fingerprint density at radius 2 is 0.520 bits per heavy atom. The predicted octanol–water partition coefficient (Wildman–Crippen LogP) is 21.0. The highest BCUT2D eigenvalue weighted by Crippen LogP contribution is 2.15. The average Bonchev–Trinajstić information content (AvgIpc) is 3.41. The van der Waals surface area contributed by atoms with Crippen LogP contribution in [-0.4, -0.2) is 37.2 Å². The van der Waals surface area contributed by atoms with Gasteiger partial charge in [0.05, 0.1) is 0 Å². The van der Waals surface area contributed by atoms with Gasteiger partial charge < -0.3 is 14.2 Å². The molecule has 6 nitrogen and oxygen atoms in total. The highest BCUT2D eigenvalue weighted by molar-refractivity contribution is 5.71. The van der Waals surface area contributed by atoms with Crippen molar-refractivity contribution >= 4 is 17.9 Å². The summed E-state index contributed by atoms with van der Waals surface area (Å²) in [6.07, 6.45) is 87.8. The van der Waals surface area contributed by atoms with Crippen LogP contribution in [-0.2, 0) is 28.6 Å². The van der Waals surface area contributed by atoms with Crippen LogP contribution in [0.4, 0.5) is 0 Å². The Hall–Kier alpha value is -4.45. The number of hydrogen-bond acceptors (Lipinski definition) is 6. The monoisotopic (exact) mass is 1040 g/mol. The number of hydrogen-bond donors (Lipinski definition) is 0. The van der Waals surface area contributed by atoms with Crippen LogP contribution < -0.4 is 0 Å². The molecule has 0 amide bonds. The van der Waals surface area contributed by atoms with Crippen molar-refractivity contribution in [2.75, 3.05) is 13.2 Å². The maximum Gasteiger partial charge on any atom is 0.306 e. The molecule has 6 heteroatoms. The lowest BCUT2D eigenvalue weighted by atomic mass is 10.0. The van der Waals surface area contributed by atoms with Crippen LogP contribution in [0.3, 0.4) is 0 Å². The second-order valence-electron chi connectivity index (χ2n) is 19.9. The lowest BCUT2D eigenvalue weighted by Gasteiger charge is -2.18. The molecule has 1 unspecified atom stereocenters. The molecule has 0 saturated heterocycles. The highest BCUT2D eigenvalue weighted by atomic mass is 16.6. The summed E-state index contributed by atoms with van der Waals surface area (Å²) in [5, 5.41) is 0. The summed E-state index contributed by atoms with van der Waals surface area (Å²) in [7, 11) is 0. The molecule has 0 aliphatic carbocycles. The predicted molar refractivity (Wildman–Crippen MR) is 325 cm³/mol. The molecule has 0 saturated carbocycles. The van der Waals surface area contributed by atoms with Gasteiger partial charge in [0.25, 0.3) is 0 Å². The van der Waals surface area contributed by atoms with E-state index < -0.39 is 6.10 Å². The van der Waals surface area contributed by atoms with Crippen LogP contribution >= 0.6 is 0 Å². The summed E-state index contributed by atoms with van der Waals surface area (Å²) in [6.45, 7) is 6.32. The zero-order valence-corrected chi connectivity index (χ0v) is 48.5. The molecule has 0 fully saturated rings. The van der Waals surface area contributed by atoms with Gasteiger partial charge in [0, 0.05) is 19.3 Å². The first-order chi connectivity index (χ1) is 37.0.